The molecule has 1 aromatic carbocycles. The van der Waals surface area contributed by atoms with Crippen molar-refractivity contribution in [2.24, 2.45) is 0 Å². The van der Waals surface area contributed by atoms with Gasteiger partial charge in [0.05, 0.1) is 25.6 Å². The van der Waals surface area contributed by atoms with Gasteiger partial charge in [-0.2, -0.15) is 9.61 Å². The summed E-state index contributed by atoms with van der Waals surface area (Å²) in [6.07, 6.45) is 1.73. The fraction of sp³-hybridized carbons (Fsp3) is 0.250. The number of fused-ring (bicyclic) bond motifs is 1. The molecule has 2 heterocycles. The Morgan fingerprint density at radius 2 is 2.09 bits per heavy atom. The number of nitrogens with zero attached hydrogens (tertiary/aromatic N) is 3. The minimum Gasteiger partial charge on any atom is -0.497 e. The molecule has 3 rings (SSSR count). The van der Waals surface area contributed by atoms with Crippen molar-refractivity contribution in [3.8, 4) is 5.75 Å². The summed E-state index contributed by atoms with van der Waals surface area (Å²) in [5.41, 5.74) is 2.79. The lowest BCUT2D eigenvalue weighted by molar-refractivity contribution is 0.181. The summed E-state index contributed by atoms with van der Waals surface area (Å²) in [7, 11) is 3.32. The molecule has 0 saturated carbocycles. The predicted molar refractivity (Wildman–Crippen MR) is 84.0 cm³/mol. The van der Waals surface area contributed by atoms with E-state index in [0.717, 1.165) is 28.5 Å². The van der Waals surface area contributed by atoms with Gasteiger partial charge in [-0.15, -0.1) is 0 Å². The highest BCUT2D eigenvalue weighted by atomic mass is 16.5. The van der Waals surface area contributed by atoms with Crippen LogP contribution in [-0.2, 0) is 17.9 Å². The van der Waals surface area contributed by atoms with Crippen LogP contribution in [0, 0.1) is 0 Å². The van der Waals surface area contributed by atoms with E-state index in [9.17, 15) is 0 Å². The van der Waals surface area contributed by atoms with Crippen LogP contribution in [0.4, 0.5) is 5.82 Å². The van der Waals surface area contributed by atoms with E-state index in [1.54, 1.807) is 24.9 Å². The van der Waals surface area contributed by atoms with Gasteiger partial charge in [0.2, 0.25) is 0 Å². The number of methoxy groups -OCH3 is 2. The Labute approximate surface area is 128 Å². The zero-order valence-corrected chi connectivity index (χ0v) is 12.6. The third-order valence-corrected chi connectivity index (χ3v) is 3.31. The number of hydrogen-bond donors (Lipinski definition) is 1. The molecule has 0 spiro atoms. The molecule has 114 valence electrons. The first kappa shape index (κ1) is 14.3. The maximum atomic E-state index is 5.24. The molecule has 0 saturated heterocycles. The first-order chi connectivity index (χ1) is 10.8. The SMILES string of the molecule is COCc1cc(NCc2cccc(OC)c2)n2nccc2n1. The Morgan fingerprint density at radius 3 is 2.91 bits per heavy atom. The van der Waals surface area contributed by atoms with Gasteiger partial charge < -0.3 is 14.8 Å². The van der Waals surface area contributed by atoms with Gasteiger partial charge in [-0.25, -0.2) is 4.98 Å². The topological polar surface area (TPSA) is 60.7 Å². The van der Waals surface area contributed by atoms with E-state index in [-0.39, 0.29) is 0 Å². The van der Waals surface area contributed by atoms with Gasteiger partial charge in [0, 0.05) is 25.8 Å². The van der Waals surface area contributed by atoms with Crippen LogP contribution in [0.3, 0.4) is 0 Å². The van der Waals surface area contributed by atoms with Crippen molar-refractivity contribution in [3.63, 3.8) is 0 Å². The Morgan fingerprint density at radius 1 is 1.18 bits per heavy atom. The van der Waals surface area contributed by atoms with E-state index in [1.807, 2.05) is 36.4 Å². The third-order valence-electron chi connectivity index (χ3n) is 3.31. The number of benzene rings is 1. The van der Waals surface area contributed by atoms with Gasteiger partial charge in [-0.3, -0.25) is 0 Å². The van der Waals surface area contributed by atoms with Crippen LogP contribution in [0.2, 0.25) is 0 Å². The standard InChI is InChI=1S/C16H18N4O2/c1-21-11-13-9-16(20-15(19-13)6-7-18-20)17-10-12-4-3-5-14(8-12)22-2/h3-9,17H,10-11H2,1-2H3. The first-order valence-electron chi connectivity index (χ1n) is 6.99. The molecule has 0 aliphatic rings. The van der Waals surface area contributed by atoms with Crippen LogP contribution in [0.25, 0.3) is 5.65 Å². The molecule has 0 aliphatic carbocycles. The van der Waals surface area contributed by atoms with Crippen molar-refractivity contribution in [2.75, 3.05) is 19.5 Å². The van der Waals surface area contributed by atoms with Gasteiger partial charge in [-0.1, -0.05) is 12.1 Å². The number of ether oxygens (including phenoxy) is 2. The highest BCUT2D eigenvalue weighted by molar-refractivity contribution is 5.49. The van der Waals surface area contributed by atoms with Crippen molar-refractivity contribution in [2.45, 2.75) is 13.2 Å². The maximum absolute atomic E-state index is 5.24. The molecule has 0 amide bonds. The lowest BCUT2D eigenvalue weighted by atomic mass is 10.2. The molecule has 3 aromatic rings. The van der Waals surface area contributed by atoms with Crippen LogP contribution >= 0.6 is 0 Å². The van der Waals surface area contributed by atoms with Crippen LogP contribution in [0.1, 0.15) is 11.3 Å². The van der Waals surface area contributed by atoms with Gasteiger partial charge in [0.15, 0.2) is 5.65 Å². The third kappa shape index (κ3) is 3.01. The highest BCUT2D eigenvalue weighted by Gasteiger charge is 2.06. The zero-order valence-electron chi connectivity index (χ0n) is 12.6. The molecular weight excluding hydrogens is 280 g/mol. The monoisotopic (exact) mass is 298 g/mol. The smallest absolute Gasteiger partial charge is 0.157 e. The normalized spacial score (nSPS) is 10.8. The molecule has 0 unspecified atom stereocenters. The van der Waals surface area contributed by atoms with Gasteiger partial charge in [0.25, 0.3) is 0 Å². The molecular formula is C16H18N4O2. The van der Waals surface area contributed by atoms with Crippen molar-refractivity contribution in [1.82, 2.24) is 14.6 Å². The summed E-state index contributed by atoms with van der Waals surface area (Å²) in [4.78, 5) is 4.48. The minimum atomic E-state index is 0.468. The Bertz CT molecular complexity index is 770. The van der Waals surface area contributed by atoms with Crippen LogP contribution in [0.5, 0.6) is 5.75 Å². The average Bonchev–Trinajstić information content (AvgIpc) is 3.01. The van der Waals surface area contributed by atoms with Crippen molar-refractivity contribution < 1.29 is 9.47 Å². The molecule has 1 N–H and O–H groups in total. The van der Waals surface area contributed by atoms with E-state index in [1.165, 1.54) is 0 Å². The molecule has 0 aliphatic heterocycles. The first-order valence-corrected chi connectivity index (χ1v) is 6.99. The summed E-state index contributed by atoms with van der Waals surface area (Å²) in [5, 5.41) is 7.68. The molecule has 0 fully saturated rings. The fourth-order valence-electron chi connectivity index (χ4n) is 2.29. The van der Waals surface area contributed by atoms with Gasteiger partial charge in [0.1, 0.15) is 11.6 Å². The second kappa shape index (κ2) is 6.44. The van der Waals surface area contributed by atoms with Crippen molar-refractivity contribution in [3.05, 3.63) is 53.9 Å². The molecule has 0 bridgehead atoms. The Balaban J connectivity index is 1.84. The molecule has 6 nitrogen and oxygen atoms in total. The number of hydrogen-bond acceptors (Lipinski definition) is 5. The highest BCUT2D eigenvalue weighted by Crippen LogP contribution is 2.16. The molecule has 22 heavy (non-hydrogen) atoms. The predicted octanol–water partition coefficient (Wildman–Crippen LogP) is 2.50. The second-order valence-electron chi connectivity index (χ2n) is 4.87. The molecule has 0 atom stereocenters. The number of aromatic nitrogens is 3. The lowest BCUT2D eigenvalue weighted by Gasteiger charge is -2.11. The summed E-state index contributed by atoms with van der Waals surface area (Å²) < 4.78 is 12.2. The van der Waals surface area contributed by atoms with E-state index >= 15 is 0 Å². The summed E-state index contributed by atoms with van der Waals surface area (Å²) >= 11 is 0. The second-order valence-corrected chi connectivity index (χ2v) is 4.87. The molecule has 2 aromatic heterocycles. The van der Waals surface area contributed by atoms with Crippen LogP contribution in [-0.4, -0.2) is 28.8 Å². The van der Waals surface area contributed by atoms with Crippen LogP contribution < -0.4 is 10.1 Å². The van der Waals surface area contributed by atoms with E-state index < -0.39 is 0 Å². The summed E-state index contributed by atoms with van der Waals surface area (Å²) in [6.45, 7) is 1.14. The average molecular weight is 298 g/mol. The quantitative estimate of drug-likeness (QED) is 0.757. The minimum absolute atomic E-state index is 0.468. The fourth-order valence-corrected chi connectivity index (χ4v) is 2.29. The van der Waals surface area contributed by atoms with E-state index in [2.05, 4.69) is 15.4 Å². The summed E-state index contributed by atoms with van der Waals surface area (Å²) in [5.74, 6) is 1.73. The number of rotatable bonds is 6. The number of anilines is 1. The summed E-state index contributed by atoms with van der Waals surface area (Å²) in [6, 6.07) is 11.8. The van der Waals surface area contributed by atoms with Crippen LogP contribution in [0.15, 0.2) is 42.6 Å². The Hall–Kier alpha value is -2.60. The number of nitrogens with one attached hydrogen (secondary N) is 1. The lowest BCUT2D eigenvalue weighted by Crippen LogP contribution is -2.08. The molecule has 6 heteroatoms. The Kier molecular flexibility index (Phi) is 4.20. The van der Waals surface area contributed by atoms with Gasteiger partial charge in [-0.05, 0) is 17.7 Å². The van der Waals surface area contributed by atoms with E-state index in [0.29, 0.717) is 13.2 Å². The zero-order chi connectivity index (χ0) is 15.4. The van der Waals surface area contributed by atoms with Gasteiger partial charge >= 0.3 is 0 Å². The van der Waals surface area contributed by atoms with E-state index in [4.69, 9.17) is 9.47 Å². The maximum Gasteiger partial charge on any atom is 0.157 e. The largest absolute Gasteiger partial charge is 0.497 e. The molecule has 0 radical (unpaired) electrons. The van der Waals surface area contributed by atoms with Crippen molar-refractivity contribution >= 4 is 11.5 Å². The van der Waals surface area contributed by atoms with Crippen molar-refractivity contribution in [1.29, 1.82) is 0 Å².